The minimum atomic E-state index is 0.893. The molecule has 1 heterocycles. The van der Waals surface area contributed by atoms with Gasteiger partial charge in [0, 0.05) is 31.2 Å². The van der Waals surface area contributed by atoms with Crippen molar-refractivity contribution in [1.29, 1.82) is 0 Å². The Labute approximate surface area is 109 Å². The number of halogens is 1. The van der Waals surface area contributed by atoms with E-state index in [-0.39, 0.29) is 0 Å². The highest BCUT2D eigenvalue weighted by Crippen LogP contribution is 2.17. The Morgan fingerprint density at radius 2 is 2.06 bits per heavy atom. The van der Waals surface area contributed by atoms with Crippen molar-refractivity contribution in [2.24, 2.45) is 0 Å². The van der Waals surface area contributed by atoms with Crippen LogP contribution in [0.1, 0.15) is 17.5 Å². The first-order valence-electron chi connectivity index (χ1n) is 6.44. The van der Waals surface area contributed by atoms with Gasteiger partial charge in [-0.1, -0.05) is 23.7 Å². The second-order valence-corrected chi connectivity index (χ2v) is 5.19. The smallest absolute Gasteiger partial charge is 0.0437 e. The zero-order valence-electron chi connectivity index (χ0n) is 10.5. The second kappa shape index (κ2) is 6.39. The summed E-state index contributed by atoms with van der Waals surface area (Å²) < 4.78 is 0. The van der Waals surface area contributed by atoms with Crippen LogP contribution in [0.25, 0.3) is 0 Å². The zero-order valence-corrected chi connectivity index (χ0v) is 11.3. The number of hydrogen-bond acceptors (Lipinski definition) is 2. The van der Waals surface area contributed by atoms with Crippen LogP contribution in [-0.4, -0.2) is 37.6 Å². The summed E-state index contributed by atoms with van der Waals surface area (Å²) in [5.74, 6) is 0. The minimum Gasteiger partial charge on any atom is -0.314 e. The molecule has 0 aliphatic carbocycles. The van der Waals surface area contributed by atoms with E-state index in [0.717, 1.165) is 30.1 Å². The van der Waals surface area contributed by atoms with Crippen molar-refractivity contribution in [1.82, 2.24) is 10.2 Å². The molecule has 0 bridgehead atoms. The summed E-state index contributed by atoms with van der Waals surface area (Å²) in [5, 5.41) is 4.27. The molecule has 2 rings (SSSR count). The Kier molecular flexibility index (Phi) is 4.84. The first-order valence-corrected chi connectivity index (χ1v) is 6.81. The number of hydrogen-bond donors (Lipinski definition) is 1. The number of nitrogens with one attached hydrogen (secondary N) is 1. The average Bonchev–Trinajstić information content (AvgIpc) is 2.35. The molecule has 2 nitrogen and oxygen atoms in total. The van der Waals surface area contributed by atoms with Crippen LogP contribution < -0.4 is 5.32 Å². The van der Waals surface area contributed by atoms with Gasteiger partial charge >= 0.3 is 0 Å². The van der Waals surface area contributed by atoms with Gasteiger partial charge in [-0.3, -0.25) is 0 Å². The molecule has 0 atom stereocenters. The lowest BCUT2D eigenvalue weighted by atomic mass is 10.1. The first kappa shape index (κ1) is 12.9. The largest absolute Gasteiger partial charge is 0.314 e. The lowest BCUT2D eigenvalue weighted by molar-refractivity contribution is 0.238. The van der Waals surface area contributed by atoms with Crippen LogP contribution in [0.2, 0.25) is 5.02 Å². The van der Waals surface area contributed by atoms with Gasteiger partial charge in [-0.05, 0) is 43.5 Å². The molecule has 0 saturated carbocycles. The lowest BCUT2D eigenvalue weighted by Crippen LogP contribution is -2.43. The van der Waals surface area contributed by atoms with E-state index in [1.807, 2.05) is 6.92 Å². The standard InChI is InChI=1S/C14H21ClN2/c1-12-4-5-13(11-14(12)15)3-2-8-17-9-6-16-7-10-17/h4-5,11,16H,2-3,6-10H2,1H3. The van der Waals surface area contributed by atoms with Crippen LogP contribution in [0.4, 0.5) is 0 Å². The molecule has 1 aliphatic heterocycles. The summed E-state index contributed by atoms with van der Waals surface area (Å²) in [7, 11) is 0. The monoisotopic (exact) mass is 252 g/mol. The molecule has 0 spiro atoms. The highest BCUT2D eigenvalue weighted by molar-refractivity contribution is 6.31. The van der Waals surface area contributed by atoms with E-state index in [1.165, 1.54) is 31.6 Å². The Balaban J connectivity index is 1.75. The Morgan fingerprint density at radius 3 is 2.76 bits per heavy atom. The molecule has 17 heavy (non-hydrogen) atoms. The van der Waals surface area contributed by atoms with E-state index in [2.05, 4.69) is 28.4 Å². The fraction of sp³-hybridized carbons (Fsp3) is 0.571. The number of piperazine rings is 1. The van der Waals surface area contributed by atoms with Gasteiger partial charge in [-0.15, -0.1) is 0 Å². The van der Waals surface area contributed by atoms with Crippen LogP contribution >= 0.6 is 11.6 Å². The molecule has 1 aliphatic rings. The SMILES string of the molecule is Cc1ccc(CCCN2CCNCC2)cc1Cl. The third-order valence-corrected chi connectivity index (χ3v) is 3.79. The number of aryl methyl sites for hydroxylation is 2. The summed E-state index contributed by atoms with van der Waals surface area (Å²) in [5.41, 5.74) is 2.52. The van der Waals surface area contributed by atoms with E-state index in [0.29, 0.717) is 0 Å². The van der Waals surface area contributed by atoms with Crippen LogP contribution in [0, 0.1) is 6.92 Å². The van der Waals surface area contributed by atoms with Crippen molar-refractivity contribution in [3.8, 4) is 0 Å². The Morgan fingerprint density at radius 1 is 1.29 bits per heavy atom. The highest BCUT2D eigenvalue weighted by atomic mass is 35.5. The quantitative estimate of drug-likeness (QED) is 0.886. The van der Waals surface area contributed by atoms with Gasteiger partial charge in [-0.25, -0.2) is 0 Å². The molecule has 1 aromatic rings. The van der Waals surface area contributed by atoms with Crippen molar-refractivity contribution >= 4 is 11.6 Å². The molecule has 0 unspecified atom stereocenters. The summed E-state index contributed by atoms with van der Waals surface area (Å²) in [6.45, 7) is 7.90. The number of benzene rings is 1. The van der Waals surface area contributed by atoms with Gasteiger partial charge in [0.1, 0.15) is 0 Å². The summed E-state index contributed by atoms with van der Waals surface area (Å²) in [6, 6.07) is 6.41. The van der Waals surface area contributed by atoms with Crippen molar-refractivity contribution in [3.05, 3.63) is 34.3 Å². The van der Waals surface area contributed by atoms with Gasteiger partial charge in [0.15, 0.2) is 0 Å². The normalized spacial score (nSPS) is 17.3. The van der Waals surface area contributed by atoms with Gasteiger partial charge < -0.3 is 10.2 Å². The minimum absolute atomic E-state index is 0.893. The number of rotatable bonds is 4. The molecule has 1 saturated heterocycles. The summed E-state index contributed by atoms with van der Waals surface area (Å²) >= 11 is 6.12. The fourth-order valence-electron chi connectivity index (χ4n) is 2.23. The summed E-state index contributed by atoms with van der Waals surface area (Å²) in [6.07, 6.45) is 2.35. The Hall–Kier alpha value is -0.570. The molecule has 1 N–H and O–H groups in total. The van der Waals surface area contributed by atoms with Crippen LogP contribution in [0.15, 0.2) is 18.2 Å². The molecular formula is C14H21ClN2. The topological polar surface area (TPSA) is 15.3 Å². The van der Waals surface area contributed by atoms with E-state index in [4.69, 9.17) is 11.6 Å². The third-order valence-electron chi connectivity index (χ3n) is 3.39. The van der Waals surface area contributed by atoms with Gasteiger partial charge in [0.05, 0.1) is 0 Å². The van der Waals surface area contributed by atoms with Gasteiger partial charge in [-0.2, -0.15) is 0 Å². The molecule has 94 valence electrons. The van der Waals surface area contributed by atoms with Gasteiger partial charge in [0.25, 0.3) is 0 Å². The van der Waals surface area contributed by atoms with Crippen molar-refractivity contribution in [2.45, 2.75) is 19.8 Å². The number of nitrogens with zero attached hydrogens (tertiary/aromatic N) is 1. The van der Waals surface area contributed by atoms with E-state index < -0.39 is 0 Å². The van der Waals surface area contributed by atoms with Crippen molar-refractivity contribution < 1.29 is 0 Å². The van der Waals surface area contributed by atoms with Crippen LogP contribution in [-0.2, 0) is 6.42 Å². The predicted octanol–water partition coefficient (Wildman–Crippen LogP) is 2.49. The van der Waals surface area contributed by atoms with Crippen LogP contribution in [0.3, 0.4) is 0 Å². The second-order valence-electron chi connectivity index (χ2n) is 4.78. The molecule has 1 fully saturated rings. The maximum Gasteiger partial charge on any atom is 0.0437 e. The van der Waals surface area contributed by atoms with Gasteiger partial charge in [0.2, 0.25) is 0 Å². The predicted molar refractivity (Wildman–Crippen MR) is 73.8 cm³/mol. The molecule has 0 aromatic heterocycles. The average molecular weight is 253 g/mol. The Bertz CT molecular complexity index is 359. The first-order chi connectivity index (χ1) is 8.25. The summed E-state index contributed by atoms with van der Waals surface area (Å²) in [4.78, 5) is 2.53. The molecule has 1 aromatic carbocycles. The maximum absolute atomic E-state index is 6.12. The maximum atomic E-state index is 6.12. The van der Waals surface area contributed by atoms with Crippen molar-refractivity contribution in [2.75, 3.05) is 32.7 Å². The van der Waals surface area contributed by atoms with E-state index >= 15 is 0 Å². The highest BCUT2D eigenvalue weighted by Gasteiger charge is 2.08. The molecule has 0 radical (unpaired) electrons. The lowest BCUT2D eigenvalue weighted by Gasteiger charge is -2.27. The molecule has 3 heteroatoms. The third kappa shape index (κ3) is 3.98. The zero-order chi connectivity index (χ0) is 12.1. The fourth-order valence-corrected chi connectivity index (χ4v) is 2.44. The van der Waals surface area contributed by atoms with Crippen LogP contribution in [0.5, 0.6) is 0 Å². The van der Waals surface area contributed by atoms with E-state index in [1.54, 1.807) is 0 Å². The molecular weight excluding hydrogens is 232 g/mol. The molecule has 0 amide bonds. The van der Waals surface area contributed by atoms with E-state index in [9.17, 15) is 0 Å². The van der Waals surface area contributed by atoms with Crippen molar-refractivity contribution in [3.63, 3.8) is 0 Å².